The van der Waals surface area contributed by atoms with Crippen LogP contribution in [0.25, 0.3) is 11.3 Å². The second kappa shape index (κ2) is 8.01. The van der Waals surface area contributed by atoms with E-state index in [4.69, 9.17) is 20.9 Å². The lowest BCUT2D eigenvalue weighted by Gasteiger charge is -2.08. The Kier molecular flexibility index (Phi) is 5.52. The Morgan fingerprint density at radius 1 is 1.22 bits per heavy atom. The van der Waals surface area contributed by atoms with E-state index in [0.717, 1.165) is 6.07 Å². The smallest absolute Gasteiger partial charge is 0.344 e. The van der Waals surface area contributed by atoms with Crippen LogP contribution in [0.1, 0.15) is 16.1 Å². The van der Waals surface area contributed by atoms with Gasteiger partial charge in [0.15, 0.2) is 6.61 Å². The summed E-state index contributed by atoms with van der Waals surface area (Å²) in [5, 5.41) is 6.40. The van der Waals surface area contributed by atoms with Crippen molar-refractivity contribution in [2.24, 2.45) is 0 Å². The Morgan fingerprint density at radius 3 is 2.67 bits per heavy atom. The molecule has 0 aliphatic rings. The van der Waals surface area contributed by atoms with E-state index in [9.17, 15) is 14.0 Å². The van der Waals surface area contributed by atoms with Crippen LogP contribution in [0.2, 0.25) is 5.02 Å². The number of halogens is 2. The summed E-state index contributed by atoms with van der Waals surface area (Å²) >= 11 is 5.66. The molecule has 0 fully saturated rings. The quantitative estimate of drug-likeness (QED) is 0.661. The van der Waals surface area contributed by atoms with Gasteiger partial charge in [-0.2, -0.15) is 0 Å². The molecule has 8 heteroatoms. The predicted octanol–water partition coefficient (Wildman–Crippen LogP) is 4.24. The first-order valence-electron chi connectivity index (χ1n) is 7.89. The van der Waals surface area contributed by atoms with E-state index in [1.54, 1.807) is 31.2 Å². The van der Waals surface area contributed by atoms with E-state index in [1.165, 1.54) is 12.1 Å². The van der Waals surface area contributed by atoms with E-state index in [1.807, 2.05) is 6.07 Å². The Morgan fingerprint density at radius 2 is 1.96 bits per heavy atom. The second-order valence-corrected chi connectivity index (χ2v) is 6.01. The van der Waals surface area contributed by atoms with Gasteiger partial charge < -0.3 is 14.6 Å². The van der Waals surface area contributed by atoms with Crippen molar-refractivity contribution in [3.63, 3.8) is 0 Å². The molecule has 1 aromatic heterocycles. The summed E-state index contributed by atoms with van der Waals surface area (Å²) in [6.45, 7) is 0.971. The molecule has 0 spiro atoms. The van der Waals surface area contributed by atoms with Gasteiger partial charge in [-0.05, 0) is 25.1 Å². The van der Waals surface area contributed by atoms with Crippen LogP contribution in [0.15, 0.2) is 53.1 Å². The van der Waals surface area contributed by atoms with Crippen LogP contribution >= 0.6 is 11.6 Å². The molecule has 0 saturated heterocycles. The van der Waals surface area contributed by atoms with Gasteiger partial charge in [0, 0.05) is 10.6 Å². The van der Waals surface area contributed by atoms with Gasteiger partial charge in [0.05, 0.1) is 5.69 Å². The van der Waals surface area contributed by atoms with Crippen LogP contribution in [0.4, 0.5) is 10.1 Å². The SMILES string of the molecule is Cc1onc(-c2ccccc2)c1C(=O)OCC(=O)Nc1ccc(Cl)cc1F. The maximum absolute atomic E-state index is 13.7. The van der Waals surface area contributed by atoms with Gasteiger partial charge >= 0.3 is 5.97 Å². The van der Waals surface area contributed by atoms with Crippen molar-refractivity contribution in [2.75, 3.05) is 11.9 Å². The summed E-state index contributed by atoms with van der Waals surface area (Å²) in [6.07, 6.45) is 0. The summed E-state index contributed by atoms with van der Waals surface area (Å²) in [7, 11) is 0. The van der Waals surface area contributed by atoms with Crippen LogP contribution in [0.5, 0.6) is 0 Å². The van der Waals surface area contributed by atoms with Crippen molar-refractivity contribution in [1.82, 2.24) is 5.16 Å². The Hall–Kier alpha value is -3.19. The number of hydrogen-bond donors (Lipinski definition) is 1. The van der Waals surface area contributed by atoms with E-state index < -0.39 is 24.3 Å². The molecular formula is C19H14ClFN2O4. The number of benzene rings is 2. The predicted molar refractivity (Wildman–Crippen MR) is 97.0 cm³/mol. The van der Waals surface area contributed by atoms with Gasteiger partial charge in [0.2, 0.25) is 0 Å². The first-order chi connectivity index (χ1) is 13.0. The number of anilines is 1. The molecule has 0 aliphatic carbocycles. The number of nitrogens with zero attached hydrogens (tertiary/aromatic N) is 1. The molecule has 2 aromatic carbocycles. The van der Waals surface area contributed by atoms with Gasteiger partial charge in [0.25, 0.3) is 5.91 Å². The van der Waals surface area contributed by atoms with E-state index in [2.05, 4.69) is 10.5 Å². The minimum Gasteiger partial charge on any atom is -0.452 e. The number of ether oxygens (including phenoxy) is 1. The van der Waals surface area contributed by atoms with Gasteiger partial charge in [-0.25, -0.2) is 9.18 Å². The monoisotopic (exact) mass is 388 g/mol. The summed E-state index contributed by atoms with van der Waals surface area (Å²) < 4.78 is 23.8. The fraction of sp³-hybridized carbons (Fsp3) is 0.105. The number of amides is 1. The average Bonchev–Trinajstić information content (AvgIpc) is 3.04. The second-order valence-electron chi connectivity index (χ2n) is 5.58. The molecule has 3 aromatic rings. The van der Waals surface area contributed by atoms with Crippen molar-refractivity contribution in [3.05, 3.63) is 70.7 Å². The number of rotatable bonds is 5. The first-order valence-corrected chi connectivity index (χ1v) is 8.27. The highest BCUT2D eigenvalue weighted by atomic mass is 35.5. The van der Waals surface area contributed by atoms with Gasteiger partial charge in [0.1, 0.15) is 22.8 Å². The maximum Gasteiger partial charge on any atom is 0.344 e. The molecule has 0 atom stereocenters. The zero-order valence-corrected chi connectivity index (χ0v) is 14.9. The van der Waals surface area contributed by atoms with Gasteiger partial charge in [-0.15, -0.1) is 0 Å². The fourth-order valence-electron chi connectivity index (χ4n) is 2.39. The fourth-order valence-corrected chi connectivity index (χ4v) is 2.54. The van der Waals surface area contributed by atoms with E-state index in [-0.39, 0.29) is 22.0 Å². The molecule has 0 saturated carbocycles. The molecule has 1 amide bonds. The summed E-state index contributed by atoms with van der Waals surface area (Å²) in [6, 6.07) is 12.8. The van der Waals surface area contributed by atoms with E-state index in [0.29, 0.717) is 11.3 Å². The Balaban J connectivity index is 1.68. The van der Waals surface area contributed by atoms with Gasteiger partial charge in [-0.1, -0.05) is 47.1 Å². The zero-order chi connectivity index (χ0) is 19.4. The largest absolute Gasteiger partial charge is 0.452 e. The molecule has 1 N–H and O–H groups in total. The molecule has 3 rings (SSSR count). The number of esters is 1. The molecule has 0 bridgehead atoms. The number of aromatic nitrogens is 1. The van der Waals surface area contributed by atoms with Crippen molar-refractivity contribution in [3.8, 4) is 11.3 Å². The molecule has 0 radical (unpaired) electrons. The maximum atomic E-state index is 13.7. The topological polar surface area (TPSA) is 81.4 Å². The Bertz CT molecular complexity index is 989. The van der Waals surface area contributed by atoms with Crippen LogP contribution in [0, 0.1) is 12.7 Å². The number of carbonyl (C=O) groups excluding carboxylic acids is 2. The number of aryl methyl sites for hydroxylation is 1. The third-order valence-corrected chi connectivity index (χ3v) is 3.89. The normalized spacial score (nSPS) is 10.5. The average molecular weight is 389 g/mol. The Labute approximate surface area is 158 Å². The molecule has 0 aliphatic heterocycles. The van der Waals surface area contributed by atoms with Crippen LogP contribution in [-0.4, -0.2) is 23.6 Å². The number of carbonyl (C=O) groups is 2. The van der Waals surface area contributed by atoms with Crippen molar-refractivity contribution in [2.45, 2.75) is 6.92 Å². The van der Waals surface area contributed by atoms with E-state index >= 15 is 0 Å². The lowest BCUT2D eigenvalue weighted by molar-refractivity contribution is -0.119. The molecule has 6 nitrogen and oxygen atoms in total. The van der Waals surface area contributed by atoms with Crippen molar-refractivity contribution in [1.29, 1.82) is 0 Å². The van der Waals surface area contributed by atoms with Crippen LogP contribution < -0.4 is 5.32 Å². The highest BCUT2D eigenvalue weighted by Gasteiger charge is 2.23. The molecule has 27 heavy (non-hydrogen) atoms. The minimum absolute atomic E-state index is 0.0634. The molecule has 138 valence electrons. The highest BCUT2D eigenvalue weighted by Crippen LogP contribution is 2.25. The van der Waals surface area contributed by atoms with Gasteiger partial charge in [-0.3, -0.25) is 4.79 Å². The van der Waals surface area contributed by atoms with Crippen molar-refractivity contribution >= 4 is 29.2 Å². The molecule has 1 heterocycles. The summed E-state index contributed by atoms with van der Waals surface area (Å²) in [5.74, 6) is -1.88. The third-order valence-electron chi connectivity index (χ3n) is 3.65. The first kappa shape index (κ1) is 18.6. The lowest BCUT2D eigenvalue weighted by Crippen LogP contribution is -2.21. The van der Waals surface area contributed by atoms with Crippen LogP contribution in [0.3, 0.4) is 0 Å². The standard InChI is InChI=1S/C19H14ClFN2O4/c1-11-17(18(23-27-11)12-5-3-2-4-6-12)19(25)26-10-16(24)22-15-8-7-13(20)9-14(15)21/h2-9H,10H2,1H3,(H,22,24). The van der Waals surface area contributed by atoms with Crippen molar-refractivity contribution < 1.29 is 23.2 Å². The zero-order valence-electron chi connectivity index (χ0n) is 14.2. The highest BCUT2D eigenvalue weighted by molar-refractivity contribution is 6.30. The lowest BCUT2D eigenvalue weighted by atomic mass is 10.1. The number of nitrogens with one attached hydrogen (secondary N) is 1. The summed E-state index contributed by atoms with van der Waals surface area (Å²) in [5.41, 5.74) is 1.06. The minimum atomic E-state index is -0.765. The number of hydrogen-bond acceptors (Lipinski definition) is 5. The van der Waals surface area contributed by atoms with Crippen LogP contribution in [-0.2, 0) is 9.53 Å². The molecule has 0 unspecified atom stereocenters. The summed E-state index contributed by atoms with van der Waals surface area (Å²) in [4.78, 5) is 24.3. The third kappa shape index (κ3) is 4.32. The molecular weight excluding hydrogens is 375 g/mol.